The monoisotopic (exact) mass is 332 g/mol. The van der Waals surface area contributed by atoms with E-state index in [4.69, 9.17) is 0 Å². The Labute approximate surface area is 138 Å². The lowest BCUT2D eigenvalue weighted by atomic mass is 10.1. The molecule has 2 N–H and O–H groups in total. The molecule has 0 atom stereocenters. The van der Waals surface area contributed by atoms with Crippen LogP contribution in [0.5, 0.6) is 0 Å². The van der Waals surface area contributed by atoms with E-state index in [9.17, 15) is 18.4 Å². The Morgan fingerprint density at radius 3 is 2.50 bits per heavy atom. The highest BCUT2D eigenvalue weighted by atomic mass is 19.2. The van der Waals surface area contributed by atoms with Crippen LogP contribution < -0.4 is 10.6 Å². The number of hydrogen-bond acceptors (Lipinski definition) is 2. The van der Waals surface area contributed by atoms with Gasteiger partial charge in [0, 0.05) is 25.6 Å². The number of amides is 2. The van der Waals surface area contributed by atoms with Gasteiger partial charge in [-0.3, -0.25) is 9.59 Å². The zero-order valence-electron chi connectivity index (χ0n) is 13.2. The first kappa shape index (κ1) is 17.6. The average Bonchev–Trinajstić information content (AvgIpc) is 2.54. The predicted molar refractivity (Wildman–Crippen MR) is 87.3 cm³/mol. The minimum absolute atomic E-state index is 0.164. The lowest BCUT2D eigenvalue weighted by molar-refractivity contribution is -0.121. The molecule has 2 amide bonds. The van der Waals surface area contributed by atoms with E-state index in [0.29, 0.717) is 24.2 Å². The number of rotatable bonds is 6. The van der Waals surface area contributed by atoms with E-state index in [2.05, 4.69) is 10.6 Å². The van der Waals surface area contributed by atoms with Crippen LogP contribution in [-0.4, -0.2) is 11.8 Å². The summed E-state index contributed by atoms with van der Waals surface area (Å²) in [6, 6.07) is 10.8. The van der Waals surface area contributed by atoms with Gasteiger partial charge in [-0.2, -0.15) is 0 Å². The standard InChI is InChI=1S/C18H18F2N2O2/c1-12(23)22-15-4-2-3-14(9-15)11-21-18(24)8-6-13-5-7-16(19)17(20)10-13/h2-5,7,9-10H,6,8,11H2,1H3,(H,21,24)(H,22,23). The van der Waals surface area contributed by atoms with Crippen LogP contribution in [0.25, 0.3) is 0 Å². The topological polar surface area (TPSA) is 58.2 Å². The Hall–Kier alpha value is -2.76. The van der Waals surface area contributed by atoms with Crippen molar-refractivity contribution in [2.24, 2.45) is 0 Å². The largest absolute Gasteiger partial charge is 0.352 e. The van der Waals surface area contributed by atoms with Crippen molar-refractivity contribution >= 4 is 17.5 Å². The minimum atomic E-state index is -0.914. The van der Waals surface area contributed by atoms with Crippen molar-refractivity contribution in [3.8, 4) is 0 Å². The molecule has 2 rings (SSSR count). The highest BCUT2D eigenvalue weighted by Crippen LogP contribution is 2.12. The number of benzene rings is 2. The molecule has 0 bridgehead atoms. The molecular formula is C18H18F2N2O2. The summed E-state index contributed by atoms with van der Waals surface area (Å²) >= 11 is 0. The molecular weight excluding hydrogens is 314 g/mol. The Morgan fingerprint density at radius 1 is 1.00 bits per heavy atom. The van der Waals surface area contributed by atoms with Crippen molar-refractivity contribution in [2.75, 3.05) is 5.32 Å². The van der Waals surface area contributed by atoms with E-state index in [0.717, 1.165) is 17.7 Å². The number of carbonyl (C=O) groups excluding carboxylic acids is 2. The van der Waals surface area contributed by atoms with E-state index in [1.807, 2.05) is 6.07 Å². The second kappa shape index (κ2) is 8.19. The Bertz CT molecular complexity index is 748. The molecule has 0 aliphatic heterocycles. The third-order valence-electron chi connectivity index (χ3n) is 3.36. The number of nitrogens with one attached hydrogen (secondary N) is 2. The van der Waals surface area contributed by atoms with Gasteiger partial charge in [0.2, 0.25) is 11.8 Å². The first-order valence-corrected chi connectivity index (χ1v) is 7.51. The van der Waals surface area contributed by atoms with Gasteiger partial charge in [-0.1, -0.05) is 18.2 Å². The molecule has 6 heteroatoms. The maximum atomic E-state index is 13.1. The van der Waals surface area contributed by atoms with E-state index >= 15 is 0 Å². The van der Waals surface area contributed by atoms with Crippen molar-refractivity contribution < 1.29 is 18.4 Å². The molecule has 0 heterocycles. The zero-order chi connectivity index (χ0) is 17.5. The summed E-state index contributed by atoms with van der Waals surface area (Å²) in [5.41, 5.74) is 2.08. The van der Waals surface area contributed by atoms with Gasteiger partial charge < -0.3 is 10.6 Å². The summed E-state index contributed by atoms with van der Waals surface area (Å²) in [5.74, 6) is -2.17. The summed E-state index contributed by atoms with van der Waals surface area (Å²) in [4.78, 5) is 22.9. The summed E-state index contributed by atoms with van der Waals surface area (Å²) in [7, 11) is 0. The smallest absolute Gasteiger partial charge is 0.221 e. The Morgan fingerprint density at radius 2 is 1.79 bits per heavy atom. The van der Waals surface area contributed by atoms with Crippen LogP contribution in [0.15, 0.2) is 42.5 Å². The maximum absolute atomic E-state index is 13.1. The summed E-state index contributed by atoms with van der Waals surface area (Å²) in [5, 5.41) is 5.43. The van der Waals surface area contributed by atoms with E-state index < -0.39 is 11.6 Å². The van der Waals surface area contributed by atoms with Crippen LogP contribution >= 0.6 is 0 Å². The third-order valence-corrected chi connectivity index (χ3v) is 3.36. The van der Waals surface area contributed by atoms with Gasteiger partial charge in [0.15, 0.2) is 11.6 Å². The summed E-state index contributed by atoms with van der Waals surface area (Å²) in [6.45, 7) is 1.75. The van der Waals surface area contributed by atoms with Gasteiger partial charge in [0.1, 0.15) is 0 Å². The van der Waals surface area contributed by atoms with Crippen LogP contribution in [0.1, 0.15) is 24.5 Å². The lowest BCUT2D eigenvalue weighted by Gasteiger charge is -2.08. The molecule has 0 saturated carbocycles. The molecule has 0 aliphatic rings. The fraction of sp³-hybridized carbons (Fsp3) is 0.222. The SMILES string of the molecule is CC(=O)Nc1cccc(CNC(=O)CCc2ccc(F)c(F)c2)c1. The molecule has 0 aliphatic carbocycles. The number of anilines is 1. The van der Waals surface area contributed by atoms with Gasteiger partial charge in [-0.05, 0) is 41.8 Å². The van der Waals surface area contributed by atoms with E-state index in [1.54, 1.807) is 18.2 Å². The fourth-order valence-electron chi connectivity index (χ4n) is 2.20. The summed E-state index contributed by atoms with van der Waals surface area (Å²) < 4.78 is 25.9. The maximum Gasteiger partial charge on any atom is 0.221 e. The number of hydrogen-bond donors (Lipinski definition) is 2. The lowest BCUT2D eigenvalue weighted by Crippen LogP contribution is -2.23. The number of aryl methyl sites for hydroxylation is 1. The molecule has 0 aromatic heterocycles. The zero-order valence-corrected chi connectivity index (χ0v) is 13.2. The third kappa shape index (κ3) is 5.46. The highest BCUT2D eigenvalue weighted by molar-refractivity contribution is 5.88. The fourth-order valence-corrected chi connectivity index (χ4v) is 2.20. The van der Waals surface area contributed by atoms with Crippen molar-refractivity contribution in [1.29, 1.82) is 0 Å². The molecule has 2 aromatic carbocycles. The normalized spacial score (nSPS) is 10.3. The number of halogens is 2. The molecule has 0 fully saturated rings. The Kier molecular flexibility index (Phi) is 6.01. The van der Waals surface area contributed by atoms with E-state index in [1.165, 1.54) is 13.0 Å². The second-order valence-corrected chi connectivity index (χ2v) is 5.41. The molecule has 2 aromatic rings. The molecule has 0 saturated heterocycles. The predicted octanol–water partition coefficient (Wildman–Crippen LogP) is 3.17. The van der Waals surface area contributed by atoms with E-state index in [-0.39, 0.29) is 18.2 Å². The van der Waals surface area contributed by atoms with Gasteiger partial charge in [-0.25, -0.2) is 8.78 Å². The van der Waals surface area contributed by atoms with Crippen LogP contribution in [0, 0.1) is 11.6 Å². The molecule has 126 valence electrons. The Balaban J connectivity index is 1.82. The van der Waals surface area contributed by atoms with Gasteiger partial charge in [0.05, 0.1) is 0 Å². The average molecular weight is 332 g/mol. The molecule has 0 radical (unpaired) electrons. The second-order valence-electron chi connectivity index (χ2n) is 5.41. The minimum Gasteiger partial charge on any atom is -0.352 e. The van der Waals surface area contributed by atoms with Crippen molar-refractivity contribution in [3.63, 3.8) is 0 Å². The van der Waals surface area contributed by atoms with Crippen molar-refractivity contribution in [1.82, 2.24) is 5.32 Å². The molecule has 0 spiro atoms. The van der Waals surface area contributed by atoms with Gasteiger partial charge >= 0.3 is 0 Å². The quantitative estimate of drug-likeness (QED) is 0.854. The van der Waals surface area contributed by atoms with Crippen LogP contribution in [0.4, 0.5) is 14.5 Å². The number of carbonyl (C=O) groups is 2. The molecule has 24 heavy (non-hydrogen) atoms. The van der Waals surface area contributed by atoms with Crippen molar-refractivity contribution in [2.45, 2.75) is 26.3 Å². The van der Waals surface area contributed by atoms with Gasteiger partial charge in [0.25, 0.3) is 0 Å². The van der Waals surface area contributed by atoms with Crippen LogP contribution in [0.2, 0.25) is 0 Å². The van der Waals surface area contributed by atoms with Crippen molar-refractivity contribution in [3.05, 3.63) is 65.2 Å². The van der Waals surface area contributed by atoms with Crippen LogP contribution in [-0.2, 0) is 22.6 Å². The first-order chi connectivity index (χ1) is 11.4. The molecule has 4 nitrogen and oxygen atoms in total. The van der Waals surface area contributed by atoms with Crippen LogP contribution in [0.3, 0.4) is 0 Å². The first-order valence-electron chi connectivity index (χ1n) is 7.51. The van der Waals surface area contributed by atoms with Gasteiger partial charge in [-0.15, -0.1) is 0 Å². The molecule has 0 unspecified atom stereocenters. The summed E-state index contributed by atoms with van der Waals surface area (Å²) in [6.07, 6.45) is 0.505. The highest BCUT2D eigenvalue weighted by Gasteiger charge is 2.06.